The molecule has 0 saturated heterocycles. The molecule has 2 aromatic heterocycles. The second kappa shape index (κ2) is 5.01. The van der Waals surface area contributed by atoms with Crippen LogP contribution in [-0.4, -0.2) is 36.7 Å². The van der Waals surface area contributed by atoms with Crippen molar-refractivity contribution in [2.24, 2.45) is 7.05 Å². The van der Waals surface area contributed by atoms with Crippen LogP contribution in [0.4, 0.5) is 0 Å². The normalized spacial score (nSPS) is 11.1. The fraction of sp³-hybridized carbons (Fsp3) is 0.455. The highest BCUT2D eigenvalue weighted by atomic mass is 15.3. The van der Waals surface area contributed by atoms with Gasteiger partial charge in [-0.1, -0.05) is 0 Å². The Labute approximate surface area is 100 Å². The lowest BCUT2D eigenvalue weighted by molar-refractivity contribution is 0.306. The van der Waals surface area contributed by atoms with Crippen molar-refractivity contribution in [2.45, 2.75) is 20.0 Å². The number of hydrogen-bond acceptors (Lipinski definition) is 5. The fourth-order valence-corrected chi connectivity index (χ4v) is 1.56. The van der Waals surface area contributed by atoms with E-state index in [1.165, 1.54) is 0 Å². The first-order chi connectivity index (χ1) is 8.15. The van der Waals surface area contributed by atoms with E-state index < -0.39 is 0 Å². The van der Waals surface area contributed by atoms with Crippen LogP contribution in [-0.2, 0) is 20.1 Å². The third-order valence-corrected chi connectivity index (χ3v) is 2.50. The molecule has 2 rings (SSSR count). The van der Waals surface area contributed by atoms with Gasteiger partial charge in [-0.05, 0) is 14.0 Å². The molecule has 0 aliphatic carbocycles. The summed E-state index contributed by atoms with van der Waals surface area (Å²) in [6.45, 7) is 3.44. The molecule has 0 atom stereocenters. The van der Waals surface area contributed by atoms with Crippen LogP contribution in [0.1, 0.15) is 17.2 Å². The Bertz CT molecular complexity index is 475. The quantitative estimate of drug-likeness (QED) is 0.770. The predicted octanol–water partition coefficient (Wildman–Crippen LogP) is 0.546. The summed E-state index contributed by atoms with van der Waals surface area (Å²) in [5.74, 6) is 1.74. The lowest BCUT2D eigenvalue weighted by Gasteiger charge is -2.15. The smallest absolute Gasteiger partial charge is 0.146 e. The molecule has 0 spiro atoms. The minimum Gasteiger partial charge on any atom is -0.320 e. The molecular formula is C11H16N6. The van der Waals surface area contributed by atoms with Crippen molar-refractivity contribution in [3.63, 3.8) is 0 Å². The standard InChI is InChI=1S/C11H16N6/c1-9-12-4-10(5-13-9)6-16(2)7-11-15-14-8-17(11)3/h4-5,8H,6-7H2,1-3H3. The maximum Gasteiger partial charge on any atom is 0.146 e. The summed E-state index contributed by atoms with van der Waals surface area (Å²) in [5.41, 5.74) is 1.10. The monoisotopic (exact) mass is 232 g/mol. The van der Waals surface area contributed by atoms with Gasteiger partial charge in [0.1, 0.15) is 18.0 Å². The molecule has 17 heavy (non-hydrogen) atoms. The number of nitrogens with zero attached hydrogens (tertiary/aromatic N) is 6. The van der Waals surface area contributed by atoms with Crippen LogP contribution in [0.2, 0.25) is 0 Å². The van der Waals surface area contributed by atoms with E-state index in [1.807, 2.05) is 38.0 Å². The van der Waals surface area contributed by atoms with Crippen LogP contribution >= 0.6 is 0 Å². The van der Waals surface area contributed by atoms with Crippen LogP contribution in [0.5, 0.6) is 0 Å². The van der Waals surface area contributed by atoms with Gasteiger partial charge in [0.25, 0.3) is 0 Å². The molecule has 0 aliphatic heterocycles. The van der Waals surface area contributed by atoms with Crippen molar-refractivity contribution in [1.82, 2.24) is 29.6 Å². The molecule has 6 nitrogen and oxygen atoms in total. The maximum atomic E-state index is 4.18. The first kappa shape index (κ1) is 11.7. The van der Waals surface area contributed by atoms with E-state index in [0.717, 1.165) is 30.3 Å². The van der Waals surface area contributed by atoms with E-state index in [4.69, 9.17) is 0 Å². The second-order valence-corrected chi connectivity index (χ2v) is 4.17. The van der Waals surface area contributed by atoms with Gasteiger partial charge in [-0.15, -0.1) is 10.2 Å². The number of aryl methyl sites for hydroxylation is 2. The van der Waals surface area contributed by atoms with Crippen molar-refractivity contribution in [3.8, 4) is 0 Å². The van der Waals surface area contributed by atoms with Gasteiger partial charge < -0.3 is 4.57 Å². The molecule has 0 N–H and O–H groups in total. The summed E-state index contributed by atoms with van der Waals surface area (Å²) in [6, 6.07) is 0. The molecule has 0 aromatic carbocycles. The zero-order valence-corrected chi connectivity index (χ0v) is 10.3. The van der Waals surface area contributed by atoms with Crippen molar-refractivity contribution < 1.29 is 0 Å². The summed E-state index contributed by atoms with van der Waals surface area (Å²) < 4.78 is 1.92. The van der Waals surface area contributed by atoms with Crippen molar-refractivity contribution >= 4 is 0 Å². The Balaban J connectivity index is 1.95. The summed E-state index contributed by atoms with van der Waals surface area (Å²) in [4.78, 5) is 10.5. The summed E-state index contributed by atoms with van der Waals surface area (Å²) in [7, 11) is 3.98. The molecular weight excluding hydrogens is 216 g/mol. The molecule has 2 heterocycles. The first-order valence-electron chi connectivity index (χ1n) is 5.44. The van der Waals surface area contributed by atoms with Crippen LogP contribution in [0.25, 0.3) is 0 Å². The summed E-state index contributed by atoms with van der Waals surface area (Å²) in [6.07, 6.45) is 5.42. The number of hydrogen-bond donors (Lipinski definition) is 0. The van der Waals surface area contributed by atoms with Gasteiger partial charge in [0, 0.05) is 31.5 Å². The molecule has 90 valence electrons. The van der Waals surface area contributed by atoms with E-state index in [0.29, 0.717) is 0 Å². The Morgan fingerprint density at radius 2 is 1.94 bits per heavy atom. The zero-order valence-electron chi connectivity index (χ0n) is 10.3. The highest BCUT2D eigenvalue weighted by Gasteiger charge is 2.06. The van der Waals surface area contributed by atoms with Crippen molar-refractivity contribution in [2.75, 3.05) is 7.05 Å². The number of rotatable bonds is 4. The Morgan fingerprint density at radius 3 is 2.53 bits per heavy atom. The van der Waals surface area contributed by atoms with E-state index in [-0.39, 0.29) is 0 Å². The topological polar surface area (TPSA) is 59.7 Å². The maximum absolute atomic E-state index is 4.18. The van der Waals surface area contributed by atoms with Gasteiger partial charge in [-0.25, -0.2) is 9.97 Å². The van der Waals surface area contributed by atoms with Crippen molar-refractivity contribution in [1.29, 1.82) is 0 Å². The molecule has 0 unspecified atom stereocenters. The highest BCUT2D eigenvalue weighted by molar-refractivity contribution is 5.04. The Kier molecular flexibility index (Phi) is 3.43. The molecule has 0 saturated carbocycles. The molecule has 0 aliphatic rings. The molecule has 0 radical (unpaired) electrons. The molecule has 2 aromatic rings. The van der Waals surface area contributed by atoms with Crippen molar-refractivity contribution in [3.05, 3.63) is 35.9 Å². The lowest BCUT2D eigenvalue weighted by Crippen LogP contribution is -2.19. The predicted molar refractivity (Wildman–Crippen MR) is 62.9 cm³/mol. The van der Waals surface area contributed by atoms with E-state index >= 15 is 0 Å². The third kappa shape index (κ3) is 3.07. The van der Waals surface area contributed by atoms with Gasteiger partial charge in [0.15, 0.2) is 0 Å². The van der Waals surface area contributed by atoms with E-state index in [1.54, 1.807) is 6.33 Å². The second-order valence-electron chi connectivity index (χ2n) is 4.17. The molecule has 0 bridgehead atoms. The van der Waals surface area contributed by atoms with Crippen LogP contribution < -0.4 is 0 Å². The zero-order chi connectivity index (χ0) is 12.3. The Hall–Kier alpha value is -1.82. The summed E-state index contributed by atoms with van der Waals surface area (Å²) >= 11 is 0. The average molecular weight is 232 g/mol. The van der Waals surface area contributed by atoms with Crippen LogP contribution in [0.15, 0.2) is 18.7 Å². The molecule has 0 fully saturated rings. The first-order valence-corrected chi connectivity index (χ1v) is 5.44. The minimum absolute atomic E-state index is 0.754. The SMILES string of the molecule is Cc1ncc(CN(C)Cc2nncn2C)cn1. The van der Waals surface area contributed by atoms with E-state index in [9.17, 15) is 0 Å². The Morgan fingerprint density at radius 1 is 1.24 bits per heavy atom. The largest absolute Gasteiger partial charge is 0.320 e. The van der Waals surface area contributed by atoms with Gasteiger partial charge >= 0.3 is 0 Å². The lowest BCUT2D eigenvalue weighted by atomic mass is 10.3. The average Bonchev–Trinajstić information content (AvgIpc) is 2.68. The van der Waals surface area contributed by atoms with Gasteiger partial charge in [-0.2, -0.15) is 0 Å². The highest BCUT2D eigenvalue weighted by Crippen LogP contribution is 2.04. The van der Waals surface area contributed by atoms with Gasteiger partial charge in [0.05, 0.1) is 6.54 Å². The van der Waals surface area contributed by atoms with Gasteiger partial charge in [-0.3, -0.25) is 4.90 Å². The van der Waals surface area contributed by atoms with Gasteiger partial charge in [0.2, 0.25) is 0 Å². The summed E-state index contributed by atoms with van der Waals surface area (Å²) in [5, 5.41) is 7.91. The fourth-order valence-electron chi connectivity index (χ4n) is 1.56. The number of aromatic nitrogens is 5. The molecule has 6 heteroatoms. The third-order valence-electron chi connectivity index (χ3n) is 2.50. The van der Waals surface area contributed by atoms with Crippen LogP contribution in [0, 0.1) is 6.92 Å². The van der Waals surface area contributed by atoms with E-state index in [2.05, 4.69) is 25.1 Å². The molecule has 0 amide bonds. The minimum atomic E-state index is 0.754. The van der Waals surface area contributed by atoms with Crippen LogP contribution in [0.3, 0.4) is 0 Å².